The molecular formula is C21H25F3N4O2. The van der Waals surface area contributed by atoms with Crippen LogP contribution in [-0.4, -0.2) is 59.9 Å². The van der Waals surface area contributed by atoms with Gasteiger partial charge in [-0.05, 0) is 45.1 Å². The van der Waals surface area contributed by atoms with E-state index < -0.39 is 17.7 Å². The van der Waals surface area contributed by atoms with Gasteiger partial charge in [0.05, 0.1) is 17.7 Å². The molecule has 2 aromatic rings. The number of carboxylic acids is 1. The molecule has 0 bridgehead atoms. The van der Waals surface area contributed by atoms with Gasteiger partial charge in [0.15, 0.2) is 0 Å². The van der Waals surface area contributed by atoms with Gasteiger partial charge >= 0.3 is 12.1 Å². The zero-order valence-corrected chi connectivity index (χ0v) is 16.7. The molecule has 6 nitrogen and oxygen atoms in total. The summed E-state index contributed by atoms with van der Waals surface area (Å²) in [6, 6.07) is 7.00. The van der Waals surface area contributed by atoms with Crippen LogP contribution in [0.3, 0.4) is 0 Å². The van der Waals surface area contributed by atoms with Crippen molar-refractivity contribution in [3.05, 3.63) is 36.5 Å². The molecule has 1 aliphatic rings. The van der Waals surface area contributed by atoms with E-state index in [2.05, 4.69) is 34.1 Å². The molecule has 1 saturated heterocycles. The number of nitrogens with zero attached hydrogens (tertiary/aromatic N) is 2. The average Bonchev–Trinajstić information content (AvgIpc) is 2.68. The number of anilines is 2. The van der Waals surface area contributed by atoms with E-state index in [0.717, 1.165) is 31.6 Å². The number of halogens is 3. The summed E-state index contributed by atoms with van der Waals surface area (Å²) < 4.78 is 40.2. The number of benzene rings is 1. The topological polar surface area (TPSA) is 77.5 Å². The quantitative estimate of drug-likeness (QED) is 0.621. The van der Waals surface area contributed by atoms with Crippen LogP contribution in [0.5, 0.6) is 0 Å². The summed E-state index contributed by atoms with van der Waals surface area (Å²) in [7, 11) is 2.06. The highest BCUT2D eigenvalue weighted by Gasteiger charge is 2.35. The van der Waals surface area contributed by atoms with Gasteiger partial charge in [-0.25, -0.2) is 4.98 Å². The number of fused-ring (bicyclic) bond motifs is 1. The summed E-state index contributed by atoms with van der Waals surface area (Å²) in [5.74, 6) is -0.824. The van der Waals surface area contributed by atoms with Crippen LogP contribution in [0.15, 0.2) is 30.8 Å². The number of hydrogen-bond donors (Lipinski definition) is 3. The molecule has 0 atom stereocenters. The first-order valence-electron chi connectivity index (χ1n) is 9.76. The highest BCUT2D eigenvalue weighted by molar-refractivity contribution is 6.01. The molecule has 162 valence electrons. The van der Waals surface area contributed by atoms with Crippen molar-refractivity contribution in [2.45, 2.75) is 31.5 Å². The van der Waals surface area contributed by atoms with E-state index in [4.69, 9.17) is 5.11 Å². The van der Waals surface area contributed by atoms with Gasteiger partial charge in [-0.15, -0.1) is 0 Å². The van der Waals surface area contributed by atoms with E-state index in [0.29, 0.717) is 10.8 Å². The maximum atomic E-state index is 13.4. The largest absolute Gasteiger partial charge is 0.481 e. The first-order chi connectivity index (χ1) is 14.1. The Hall–Kier alpha value is -2.81. The number of carboxylic acid groups (broad SMARTS) is 1. The van der Waals surface area contributed by atoms with Crippen LogP contribution in [0.25, 0.3) is 16.3 Å². The lowest BCUT2D eigenvalue weighted by molar-refractivity contribution is -0.136. The second kappa shape index (κ2) is 8.91. The summed E-state index contributed by atoms with van der Waals surface area (Å²) in [6.07, 6.45) is -2.94. The molecule has 3 N–H and O–H groups in total. The molecule has 9 heteroatoms. The van der Waals surface area contributed by atoms with Gasteiger partial charge in [-0.1, -0.05) is 18.7 Å². The number of pyridine rings is 1. The molecule has 1 aliphatic heterocycles. The lowest BCUT2D eigenvalue weighted by Crippen LogP contribution is -2.36. The number of allylic oxidation sites excluding steroid dienone is 1. The zero-order chi connectivity index (χ0) is 21.9. The number of carbonyl (C=O) groups is 1. The summed E-state index contributed by atoms with van der Waals surface area (Å²) in [5, 5.41) is 16.0. The summed E-state index contributed by atoms with van der Waals surface area (Å²) >= 11 is 0. The van der Waals surface area contributed by atoms with Crippen molar-refractivity contribution in [3.8, 4) is 0 Å². The second-order valence-electron chi connectivity index (χ2n) is 7.53. The van der Waals surface area contributed by atoms with E-state index in [9.17, 15) is 18.0 Å². The Bertz CT molecular complexity index is 938. The first-order valence-corrected chi connectivity index (χ1v) is 9.76. The number of aliphatic carboxylic acids is 1. The molecule has 1 aromatic heterocycles. The van der Waals surface area contributed by atoms with E-state index in [-0.39, 0.29) is 30.5 Å². The van der Waals surface area contributed by atoms with Crippen molar-refractivity contribution in [3.63, 3.8) is 0 Å². The molecule has 0 radical (unpaired) electrons. The van der Waals surface area contributed by atoms with Crippen molar-refractivity contribution in [2.75, 3.05) is 37.3 Å². The van der Waals surface area contributed by atoms with Gasteiger partial charge in [0, 0.05) is 29.0 Å². The SMILES string of the molecule is C=C(c1nc(NCCC(=O)O)cc2c(NC3CCN(C)CC3)cccc12)C(F)(F)F. The molecule has 1 aromatic carbocycles. The number of piperidine rings is 1. The minimum Gasteiger partial charge on any atom is -0.481 e. The Kier molecular flexibility index (Phi) is 6.50. The molecule has 30 heavy (non-hydrogen) atoms. The second-order valence-corrected chi connectivity index (χ2v) is 7.53. The molecule has 1 fully saturated rings. The van der Waals surface area contributed by atoms with Crippen LogP contribution >= 0.6 is 0 Å². The summed E-state index contributed by atoms with van der Waals surface area (Å²) in [4.78, 5) is 17.1. The Morgan fingerprint density at radius 1 is 1.30 bits per heavy atom. The minimum absolute atomic E-state index is 0.0519. The summed E-state index contributed by atoms with van der Waals surface area (Å²) in [5.41, 5.74) is -0.572. The molecule has 0 aliphatic carbocycles. The van der Waals surface area contributed by atoms with Gasteiger partial charge in [-0.3, -0.25) is 4.79 Å². The number of nitrogens with one attached hydrogen (secondary N) is 2. The predicted octanol–water partition coefficient (Wildman–Crippen LogP) is 4.20. The van der Waals surface area contributed by atoms with Crippen molar-refractivity contribution in [1.82, 2.24) is 9.88 Å². The molecule has 0 amide bonds. The van der Waals surface area contributed by atoms with Crippen LogP contribution in [0.4, 0.5) is 24.7 Å². The maximum absolute atomic E-state index is 13.4. The monoisotopic (exact) mass is 422 g/mol. The Labute approximate surface area is 172 Å². The lowest BCUT2D eigenvalue weighted by Gasteiger charge is -2.30. The highest BCUT2D eigenvalue weighted by Crippen LogP contribution is 2.38. The van der Waals surface area contributed by atoms with E-state index in [1.165, 1.54) is 0 Å². The van der Waals surface area contributed by atoms with Crippen molar-refractivity contribution >= 4 is 33.8 Å². The predicted molar refractivity (Wildman–Crippen MR) is 112 cm³/mol. The number of alkyl halides is 3. The smallest absolute Gasteiger partial charge is 0.417 e. The molecule has 0 spiro atoms. The fourth-order valence-corrected chi connectivity index (χ4v) is 3.53. The Morgan fingerprint density at radius 2 is 2.00 bits per heavy atom. The van der Waals surface area contributed by atoms with Crippen LogP contribution < -0.4 is 10.6 Å². The standard InChI is InChI=1S/C21H25F3N4O2/c1-13(21(22,23)24)20-15-4-3-5-17(26-14-7-10-28(2)11-8-14)16(15)12-18(27-20)25-9-6-19(29)30/h3-5,12,14,26H,1,6-11H2,2H3,(H,25,27)(H,29,30). The van der Waals surface area contributed by atoms with Crippen LogP contribution in [0.2, 0.25) is 0 Å². The number of hydrogen-bond acceptors (Lipinski definition) is 5. The third-order valence-electron chi connectivity index (χ3n) is 5.23. The van der Waals surface area contributed by atoms with Gasteiger partial charge in [0.2, 0.25) is 0 Å². The zero-order valence-electron chi connectivity index (χ0n) is 16.7. The Balaban J connectivity index is 2.00. The van der Waals surface area contributed by atoms with Crippen molar-refractivity contribution in [1.29, 1.82) is 0 Å². The van der Waals surface area contributed by atoms with Crippen molar-refractivity contribution in [2.24, 2.45) is 0 Å². The summed E-state index contributed by atoms with van der Waals surface area (Å²) in [6.45, 7) is 5.16. The maximum Gasteiger partial charge on any atom is 0.417 e. The number of rotatable bonds is 7. The van der Waals surface area contributed by atoms with E-state index >= 15 is 0 Å². The first kappa shape index (κ1) is 21.9. The van der Waals surface area contributed by atoms with Gasteiger partial charge < -0.3 is 20.6 Å². The number of aromatic nitrogens is 1. The van der Waals surface area contributed by atoms with Gasteiger partial charge in [0.25, 0.3) is 0 Å². The normalized spacial score (nSPS) is 15.9. The Morgan fingerprint density at radius 3 is 2.63 bits per heavy atom. The molecule has 0 saturated carbocycles. The van der Waals surface area contributed by atoms with Crippen LogP contribution in [0.1, 0.15) is 25.0 Å². The van der Waals surface area contributed by atoms with E-state index in [1.807, 2.05) is 6.07 Å². The third kappa shape index (κ3) is 5.21. The third-order valence-corrected chi connectivity index (χ3v) is 5.23. The van der Waals surface area contributed by atoms with Crippen molar-refractivity contribution < 1.29 is 23.1 Å². The molecule has 0 unspecified atom stereocenters. The fraction of sp³-hybridized carbons (Fsp3) is 0.429. The number of likely N-dealkylation sites (tertiary alicyclic amines) is 1. The fourth-order valence-electron chi connectivity index (χ4n) is 3.53. The van der Waals surface area contributed by atoms with Crippen LogP contribution in [0, 0.1) is 0 Å². The minimum atomic E-state index is -4.63. The van der Waals surface area contributed by atoms with Gasteiger partial charge in [0.1, 0.15) is 5.82 Å². The highest BCUT2D eigenvalue weighted by atomic mass is 19.4. The van der Waals surface area contributed by atoms with Crippen LogP contribution in [-0.2, 0) is 4.79 Å². The molecule has 3 rings (SSSR count). The lowest BCUT2D eigenvalue weighted by atomic mass is 10.0. The molecule has 2 heterocycles. The molecular weight excluding hydrogens is 397 g/mol. The van der Waals surface area contributed by atoms with Gasteiger partial charge in [-0.2, -0.15) is 13.2 Å². The average molecular weight is 422 g/mol. The van der Waals surface area contributed by atoms with E-state index in [1.54, 1.807) is 18.2 Å².